The van der Waals surface area contributed by atoms with Gasteiger partial charge in [-0.2, -0.15) is 0 Å². The van der Waals surface area contributed by atoms with E-state index in [2.05, 4.69) is 9.80 Å². The molecule has 2 heterocycles. The lowest BCUT2D eigenvalue weighted by atomic mass is 9.87. The third-order valence-corrected chi connectivity index (χ3v) is 5.76. The minimum absolute atomic E-state index is 0.0257. The van der Waals surface area contributed by atoms with Crippen LogP contribution in [0, 0.1) is 11.8 Å². The van der Waals surface area contributed by atoms with E-state index in [0.717, 1.165) is 58.5 Å². The Labute approximate surface area is 151 Å². The Morgan fingerprint density at radius 1 is 1.08 bits per heavy atom. The number of nitrogens with zero attached hydrogens (tertiary/aromatic N) is 2. The summed E-state index contributed by atoms with van der Waals surface area (Å²) < 4.78 is 17.0. The molecule has 2 saturated heterocycles. The largest absolute Gasteiger partial charge is 0.466 e. The molecule has 0 N–H and O–H groups in total. The quantitative estimate of drug-likeness (QED) is 0.622. The lowest BCUT2D eigenvalue weighted by Crippen LogP contribution is -2.60. The minimum atomic E-state index is -0.0257. The molecule has 144 valence electrons. The van der Waals surface area contributed by atoms with Crippen LogP contribution in [0.2, 0.25) is 0 Å². The highest BCUT2D eigenvalue weighted by Crippen LogP contribution is 2.31. The van der Waals surface area contributed by atoms with E-state index in [0.29, 0.717) is 12.5 Å². The van der Waals surface area contributed by atoms with Crippen LogP contribution in [0.1, 0.15) is 45.4 Å². The fraction of sp³-hybridized carbons (Fsp3) is 0.947. The number of hydrogen-bond acceptors (Lipinski definition) is 6. The van der Waals surface area contributed by atoms with Crippen LogP contribution in [0.4, 0.5) is 0 Å². The molecular formula is C19H34N2O4. The van der Waals surface area contributed by atoms with Crippen molar-refractivity contribution in [3.8, 4) is 0 Å². The molecule has 25 heavy (non-hydrogen) atoms. The van der Waals surface area contributed by atoms with Gasteiger partial charge in [0, 0.05) is 39.2 Å². The zero-order chi connectivity index (χ0) is 17.6. The number of hydrogen-bond donors (Lipinski definition) is 0. The minimum Gasteiger partial charge on any atom is -0.466 e. The number of esters is 1. The molecule has 3 fully saturated rings. The highest BCUT2D eigenvalue weighted by atomic mass is 16.5. The molecule has 2 aliphatic heterocycles. The molecule has 1 atom stereocenters. The van der Waals surface area contributed by atoms with E-state index in [4.69, 9.17) is 14.2 Å². The van der Waals surface area contributed by atoms with Gasteiger partial charge < -0.3 is 14.2 Å². The Morgan fingerprint density at radius 3 is 2.36 bits per heavy atom. The highest BCUT2D eigenvalue weighted by Gasteiger charge is 2.39. The molecular weight excluding hydrogens is 320 g/mol. The molecule has 1 saturated carbocycles. The van der Waals surface area contributed by atoms with Gasteiger partial charge in [-0.15, -0.1) is 0 Å². The summed E-state index contributed by atoms with van der Waals surface area (Å²) in [6.45, 7) is 7.58. The molecule has 1 unspecified atom stereocenters. The Balaban J connectivity index is 1.48. The van der Waals surface area contributed by atoms with Gasteiger partial charge in [0.05, 0.1) is 25.2 Å². The Kier molecular flexibility index (Phi) is 7.10. The lowest BCUT2D eigenvalue weighted by molar-refractivity contribution is -0.213. The predicted molar refractivity (Wildman–Crippen MR) is 95.0 cm³/mol. The second kappa shape index (κ2) is 9.31. The van der Waals surface area contributed by atoms with E-state index in [1.54, 1.807) is 7.11 Å². The monoisotopic (exact) mass is 354 g/mol. The molecule has 6 heteroatoms. The zero-order valence-electron chi connectivity index (χ0n) is 15.8. The second-order valence-electron chi connectivity index (χ2n) is 7.71. The average Bonchev–Trinajstić information content (AvgIpc) is 3.11. The summed E-state index contributed by atoms with van der Waals surface area (Å²) >= 11 is 0. The molecule has 3 aliphatic rings. The van der Waals surface area contributed by atoms with Crippen molar-refractivity contribution in [2.75, 3.05) is 46.5 Å². The second-order valence-corrected chi connectivity index (χ2v) is 7.71. The molecule has 6 nitrogen and oxygen atoms in total. The van der Waals surface area contributed by atoms with Crippen molar-refractivity contribution in [2.24, 2.45) is 11.8 Å². The summed E-state index contributed by atoms with van der Waals surface area (Å²) in [5.74, 6) is 0.681. The molecule has 1 aliphatic carbocycles. The van der Waals surface area contributed by atoms with Gasteiger partial charge in [0.15, 0.2) is 6.35 Å². The van der Waals surface area contributed by atoms with Gasteiger partial charge in [-0.3, -0.25) is 14.6 Å². The number of likely N-dealkylation sites (tertiary alicyclic amines) is 2. The van der Waals surface area contributed by atoms with Crippen molar-refractivity contribution >= 4 is 5.97 Å². The van der Waals surface area contributed by atoms with Gasteiger partial charge in [-0.05, 0) is 45.4 Å². The average molecular weight is 354 g/mol. The molecule has 0 spiro atoms. The van der Waals surface area contributed by atoms with E-state index < -0.39 is 0 Å². The molecule has 0 bridgehead atoms. The van der Waals surface area contributed by atoms with E-state index >= 15 is 0 Å². The van der Waals surface area contributed by atoms with Gasteiger partial charge in [-0.25, -0.2) is 0 Å². The first-order chi connectivity index (χ1) is 12.2. The smallest absolute Gasteiger partial charge is 0.308 e. The van der Waals surface area contributed by atoms with E-state index in [-0.39, 0.29) is 24.3 Å². The van der Waals surface area contributed by atoms with Gasteiger partial charge in [0.25, 0.3) is 0 Å². The van der Waals surface area contributed by atoms with E-state index in [9.17, 15) is 4.79 Å². The lowest BCUT2D eigenvalue weighted by Gasteiger charge is -2.48. The first-order valence-electron chi connectivity index (χ1n) is 10.0. The fourth-order valence-electron chi connectivity index (χ4n) is 4.36. The molecule has 0 aromatic heterocycles. The standard InChI is InChI=1S/C19H34N2O4/c1-3-24-18(22)16-6-8-17(9-7-16)25-19(20-10-4-5-11-20)21-12-15(13-21)14-23-2/h15-17,19H,3-14H2,1-2H3/t16-,17-,19?. The Bertz CT molecular complexity index is 414. The Hall–Kier alpha value is -0.690. The van der Waals surface area contributed by atoms with Crippen molar-refractivity contribution in [1.29, 1.82) is 0 Å². The van der Waals surface area contributed by atoms with Gasteiger partial charge >= 0.3 is 5.97 Å². The van der Waals surface area contributed by atoms with Crippen molar-refractivity contribution in [1.82, 2.24) is 9.80 Å². The summed E-state index contributed by atoms with van der Waals surface area (Å²) in [5.41, 5.74) is 0. The maximum atomic E-state index is 11.9. The van der Waals surface area contributed by atoms with E-state index in [1.165, 1.54) is 12.8 Å². The topological polar surface area (TPSA) is 51.2 Å². The fourth-order valence-corrected chi connectivity index (χ4v) is 4.36. The van der Waals surface area contributed by atoms with Gasteiger partial charge in [-0.1, -0.05) is 0 Å². The molecule has 3 rings (SSSR count). The first-order valence-corrected chi connectivity index (χ1v) is 10.0. The van der Waals surface area contributed by atoms with Gasteiger partial charge in [0.2, 0.25) is 0 Å². The van der Waals surface area contributed by atoms with Crippen LogP contribution in [-0.4, -0.2) is 74.7 Å². The highest BCUT2D eigenvalue weighted by molar-refractivity contribution is 5.72. The van der Waals surface area contributed by atoms with Crippen LogP contribution in [0.25, 0.3) is 0 Å². The van der Waals surface area contributed by atoms with Crippen LogP contribution >= 0.6 is 0 Å². The SMILES string of the molecule is CCOC(=O)[C@H]1CC[C@H](OC(N2CCCC2)N2CC(COC)C2)CC1. The Morgan fingerprint density at radius 2 is 1.76 bits per heavy atom. The van der Waals surface area contributed by atoms with Crippen LogP contribution in [-0.2, 0) is 19.0 Å². The summed E-state index contributed by atoms with van der Waals surface area (Å²) in [5, 5.41) is 0. The van der Waals surface area contributed by atoms with Crippen molar-refractivity contribution in [2.45, 2.75) is 57.9 Å². The maximum absolute atomic E-state index is 11.9. The van der Waals surface area contributed by atoms with Crippen molar-refractivity contribution < 1.29 is 19.0 Å². The van der Waals surface area contributed by atoms with Gasteiger partial charge in [0.1, 0.15) is 0 Å². The first kappa shape index (κ1) is 19.1. The molecule has 0 aromatic carbocycles. The van der Waals surface area contributed by atoms with Crippen LogP contribution in [0.15, 0.2) is 0 Å². The number of carbonyl (C=O) groups excluding carboxylic acids is 1. The number of methoxy groups -OCH3 is 1. The maximum Gasteiger partial charge on any atom is 0.308 e. The summed E-state index contributed by atoms with van der Waals surface area (Å²) in [4.78, 5) is 16.8. The van der Waals surface area contributed by atoms with Crippen molar-refractivity contribution in [3.63, 3.8) is 0 Å². The predicted octanol–water partition coefficient (Wildman–Crippen LogP) is 2.08. The van der Waals surface area contributed by atoms with E-state index in [1.807, 2.05) is 6.92 Å². The number of carbonyl (C=O) groups is 1. The van der Waals surface area contributed by atoms with Crippen LogP contribution in [0.5, 0.6) is 0 Å². The van der Waals surface area contributed by atoms with Crippen LogP contribution < -0.4 is 0 Å². The third kappa shape index (κ3) is 4.94. The van der Waals surface area contributed by atoms with Crippen LogP contribution in [0.3, 0.4) is 0 Å². The molecule has 0 aromatic rings. The molecule has 0 amide bonds. The zero-order valence-corrected chi connectivity index (χ0v) is 15.8. The summed E-state index contributed by atoms with van der Waals surface area (Å²) in [6, 6.07) is 0. The number of ether oxygens (including phenoxy) is 3. The van der Waals surface area contributed by atoms with Crippen molar-refractivity contribution in [3.05, 3.63) is 0 Å². The summed E-state index contributed by atoms with van der Waals surface area (Å²) in [7, 11) is 1.78. The summed E-state index contributed by atoms with van der Waals surface area (Å²) in [6.07, 6.45) is 6.62. The number of rotatable bonds is 8. The third-order valence-electron chi connectivity index (χ3n) is 5.76. The normalized spacial score (nSPS) is 30.2. The molecule has 0 radical (unpaired) electrons.